The smallest absolute Gasteiger partial charge is 0.293 e. The predicted octanol–water partition coefficient (Wildman–Crippen LogP) is 2.15. The number of hydrogen-bond donors (Lipinski definition) is 0. The summed E-state index contributed by atoms with van der Waals surface area (Å²) < 4.78 is 10.3. The van der Waals surface area contributed by atoms with Crippen LogP contribution in [0.3, 0.4) is 0 Å². The van der Waals surface area contributed by atoms with Crippen LogP contribution in [0.25, 0.3) is 0 Å². The number of hydrogen-bond acceptors (Lipinski definition) is 3. The van der Waals surface area contributed by atoms with E-state index < -0.39 is 0 Å². The molecule has 1 aliphatic rings. The van der Waals surface area contributed by atoms with E-state index in [2.05, 4.69) is 4.74 Å². The van der Waals surface area contributed by atoms with Crippen molar-refractivity contribution in [1.29, 1.82) is 0 Å². The van der Waals surface area contributed by atoms with E-state index >= 15 is 0 Å². The maximum Gasteiger partial charge on any atom is 0.293 e. The number of benzene rings is 1. The lowest BCUT2D eigenvalue weighted by Gasteiger charge is -2.06. The second-order valence-corrected chi connectivity index (χ2v) is 3.81. The first-order chi connectivity index (χ1) is 7.38. The summed E-state index contributed by atoms with van der Waals surface area (Å²) in [6.07, 6.45) is 2.57. The highest BCUT2D eigenvalue weighted by Gasteiger charge is 2.21. The van der Waals surface area contributed by atoms with Crippen LogP contribution < -0.4 is 4.74 Å². The van der Waals surface area contributed by atoms with Crippen LogP contribution in [0.5, 0.6) is 5.75 Å². The monoisotopic (exact) mass is 206 g/mol. The summed E-state index contributed by atoms with van der Waals surface area (Å²) in [6, 6.07) is 7.65. The van der Waals surface area contributed by atoms with Gasteiger partial charge in [-0.25, -0.2) is 0 Å². The molecule has 0 N–H and O–H groups in total. The van der Waals surface area contributed by atoms with E-state index in [0.717, 1.165) is 23.8 Å². The van der Waals surface area contributed by atoms with Crippen LogP contribution in [-0.4, -0.2) is 13.1 Å². The molecule has 1 aromatic carbocycles. The van der Waals surface area contributed by atoms with E-state index in [-0.39, 0.29) is 0 Å². The quantitative estimate of drug-likeness (QED) is 0.669. The van der Waals surface area contributed by atoms with Crippen molar-refractivity contribution in [2.75, 3.05) is 6.61 Å². The Labute approximate surface area is 89.0 Å². The first-order valence-electron chi connectivity index (χ1n) is 5.15. The average Bonchev–Trinajstić information content (AvgIpc) is 3.08. The number of carbonyl (C=O) groups is 1. The first-order valence-corrected chi connectivity index (χ1v) is 5.15. The molecule has 80 valence electrons. The Kier molecular flexibility index (Phi) is 3.22. The molecule has 1 aromatic rings. The third-order valence-electron chi connectivity index (χ3n) is 2.40. The Morgan fingerprint density at radius 2 is 2.27 bits per heavy atom. The molecule has 3 nitrogen and oxygen atoms in total. The van der Waals surface area contributed by atoms with Crippen molar-refractivity contribution >= 4 is 6.47 Å². The van der Waals surface area contributed by atoms with Gasteiger partial charge in [-0.05, 0) is 36.5 Å². The molecule has 1 fully saturated rings. The van der Waals surface area contributed by atoms with Gasteiger partial charge in [0.05, 0.1) is 6.61 Å². The highest BCUT2D eigenvalue weighted by molar-refractivity contribution is 5.38. The largest absolute Gasteiger partial charge is 0.493 e. The maximum absolute atomic E-state index is 10.0. The molecule has 0 spiro atoms. The highest BCUT2D eigenvalue weighted by Crippen LogP contribution is 2.29. The molecular weight excluding hydrogens is 192 g/mol. The van der Waals surface area contributed by atoms with Gasteiger partial charge in [0.25, 0.3) is 6.47 Å². The fraction of sp³-hybridized carbons (Fsp3) is 0.417. The van der Waals surface area contributed by atoms with Crippen molar-refractivity contribution in [3.8, 4) is 5.75 Å². The summed E-state index contributed by atoms with van der Waals surface area (Å²) in [5, 5.41) is 0. The molecule has 1 aliphatic carbocycles. The van der Waals surface area contributed by atoms with Gasteiger partial charge in [0.15, 0.2) is 0 Å². The molecule has 0 aliphatic heterocycles. The van der Waals surface area contributed by atoms with Crippen LogP contribution in [0.4, 0.5) is 0 Å². The Morgan fingerprint density at radius 1 is 1.40 bits per heavy atom. The summed E-state index contributed by atoms with van der Waals surface area (Å²) >= 11 is 0. The Morgan fingerprint density at radius 3 is 3.00 bits per heavy atom. The third kappa shape index (κ3) is 3.27. The van der Waals surface area contributed by atoms with E-state index in [9.17, 15) is 4.79 Å². The van der Waals surface area contributed by atoms with Crippen molar-refractivity contribution in [3.63, 3.8) is 0 Å². The zero-order valence-electron chi connectivity index (χ0n) is 8.52. The standard InChI is InChI=1S/C12H14O3/c13-9-14-7-11-2-1-3-12(6-11)15-8-10-4-5-10/h1-3,6,9-10H,4-5,7-8H2. The lowest BCUT2D eigenvalue weighted by molar-refractivity contribution is -0.129. The average molecular weight is 206 g/mol. The van der Waals surface area contributed by atoms with Gasteiger partial charge in [0, 0.05) is 0 Å². The summed E-state index contributed by atoms with van der Waals surface area (Å²) in [4.78, 5) is 10.0. The van der Waals surface area contributed by atoms with Gasteiger partial charge in [-0.3, -0.25) is 4.79 Å². The van der Waals surface area contributed by atoms with E-state index in [1.54, 1.807) is 0 Å². The molecule has 0 atom stereocenters. The van der Waals surface area contributed by atoms with Crippen LogP contribution in [0, 0.1) is 5.92 Å². The van der Waals surface area contributed by atoms with E-state index in [1.165, 1.54) is 12.8 Å². The Hall–Kier alpha value is -1.51. The molecule has 0 amide bonds. The van der Waals surface area contributed by atoms with Gasteiger partial charge >= 0.3 is 0 Å². The molecule has 0 heterocycles. The minimum absolute atomic E-state index is 0.310. The lowest BCUT2D eigenvalue weighted by Crippen LogP contribution is -1.99. The second kappa shape index (κ2) is 4.82. The normalized spacial score (nSPS) is 14.7. The van der Waals surface area contributed by atoms with Gasteiger partial charge < -0.3 is 9.47 Å². The molecule has 0 radical (unpaired) electrons. The lowest BCUT2D eigenvalue weighted by atomic mass is 10.2. The molecule has 1 saturated carbocycles. The predicted molar refractivity (Wildman–Crippen MR) is 55.5 cm³/mol. The van der Waals surface area contributed by atoms with Gasteiger partial charge in [-0.15, -0.1) is 0 Å². The summed E-state index contributed by atoms with van der Waals surface area (Å²) in [5.74, 6) is 1.61. The molecule has 0 aromatic heterocycles. The number of ether oxygens (including phenoxy) is 2. The third-order valence-corrected chi connectivity index (χ3v) is 2.40. The Balaban J connectivity index is 1.88. The van der Waals surface area contributed by atoms with Crippen LogP contribution >= 0.6 is 0 Å². The van der Waals surface area contributed by atoms with Crippen molar-refractivity contribution < 1.29 is 14.3 Å². The SMILES string of the molecule is O=COCc1cccc(OCC2CC2)c1. The number of rotatable bonds is 6. The first kappa shape index (κ1) is 10.0. The van der Waals surface area contributed by atoms with Crippen LogP contribution in [0.15, 0.2) is 24.3 Å². The van der Waals surface area contributed by atoms with E-state index in [4.69, 9.17) is 4.74 Å². The van der Waals surface area contributed by atoms with Gasteiger partial charge in [0.2, 0.25) is 0 Å². The highest BCUT2D eigenvalue weighted by atomic mass is 16.5. The van der Waals surface area contributed by atoms with Crippen molar-refractivity contribution in [2.24, 2.45) is 5.92 Å². The van der Waals surface area contributed by atoms with E-state index in [1.807, 2.05) is 24.3 Å². The molecule has 0 saturated heterocycles. The van der Waals surface area contributed by atoms with Crippen molar-refractivity contribution in [1.82, 2.24) is 0 Å². The molecular formula is C12H14O3. The summed E-state index contributed by atoms with van der Waals surface area (Å²) in [5.41, 5.74) is 0.954. The topological polar surface area (TPSA) is 35.5 Å². The zero-order chi connectivity index (χ0) is 10.5. The van der Waals surface area contributed by atoms with Crippen molar-refractivity contribution in [3.05, 3.63) is 29.8 Å². The van der Waals surface area contributed by atoms with Gasteiger partial charge in [-0.1, -0.05) is 12.1 Å². The molecule has 2 rings (SSSR count). The summed E-state index contributed by atoms with van der Waals surface area (Å²) in [7, 11) is 0. The minimum Gasteiger partial charge on any atom is -0.493 e. The van der Waals surface area contributed by atoms with Crippen molar-refractivity contribution in [2.45, 2.75) is 19.4 Å². The summed E-state index contributed by atoms with van der Waals surface area (Å²) in [6.45, 7) is 1.57. The number of carbonyl (C=O) groups excluding carboxylic acids is 1. The fourth-order valence-electron chi connectivity index (χ4n) is 1.35. The minimum atomic E-state index is 0.310. The second-order valence-electron chi connectivity index (χ2n) is 3.81. The van der Waals surface area contributed by atoms with E-state index in [0.29, 0.717) is 13.1 Å². The van der Waals surface area contributed by atoms with Crippen LogP contribution in [-0.2, 0) is 16.1 Å². The molecule has 15 heavy (non-hydrogen) atoms. The van der Waals surface area contributed by atoms with Crippen LogP contribution in [0.2, 0.25) is 0 Å². The fourth-order valence-corrected chi connectivity index (χ4v) is 1.35. The molecule has 0 unspecified atom stereocenters. The van der Waals surface area contributed by atoms with Gasteiger partial charge in [-0.2, -0.15) is 0 Å². The molecule has 0 bridgehead atoms. The Bertz CT molecular complexity index is 331. The zero-order valence-corrected chi connectivity index (χ0v) is 8.52. The van der Waals surface area contributed by atoms with Crippen LogP contribution in [0.1, 0.15) is 18.4 Å². The van der Waals surface area contributed by atoms with Gasteiger partial charge in [0.1, 0.15) is 12.4 Å². The molecule has 3 heteroatoms. The maximum atomic E-state index is 10.0.